The van der Waals surface area contributed by atoms with Gasteiger partial charge in [-0.3, -0.25) is 9.59 Å². The van der Waals surface area contributed by atoms with E-state index in [4.69, 9.17) is 9.47 Å². The molecule has 0 aromatic rings. The molecular formula is C11H20O4. The molecule has 15 heavy (non-hydrogen) atoms. The van der Waals surface area contributed by atoms with Gasteiger partial charge in [0.05, 0.1) is 13.2 Å². The Morgan fingerprint density at radius 1 is 1.07 bits per heavy atom. The molecule has 0 saturated heterocycles. The van der Waals surface area contributed by atoms with Gasteiger partial charge in [-0.2, -0.15) is 0 Å². The Morgan fingerprint density at radius 3 is 2.07 bits per heavy atom. The monoisotopic (exact) mass is 216 g/mol. The van der Waals surface area contributed by atoms with Gasteiger partial charge in [0.2, 0.25) is 0 Å². The second-order valence-corrected chi connectivity index (χ2v) is 4.62. The molecule has 0 N–H and O–H groups in total. The molecule has 0 spiro atoms. The molecule has 0 rings (SSSR count). The summed E-state index contributed by atoms with van der Waals surface area (Å²) in [5.41, 5.74) is -0.0804. The van der Waals surface area contributed by atoms with Crippen LogP contribution in [0.1, 0.15) is 40.5 Å². The average molecular weight is 216 g/mol. The number of hydrogen-bond acceptors (Lipinski definition) is 4. The Hall–Kier alpha value is -1.06. The van der Waals surface area contributed by atoms with Crippen molar-refractivity contribution in [2.45, 2.75) is 40.5 Å². The maximum Gasteiger partial charge on any atom is 0.317 e. The normalized spacial score (nSPS) is 10.9. The standard InChI is InChI=1S/C11H20O4/c1-5-6-14-9(12)7-10(13)15-8-11(2,3)4/h5-8H2,1-4H3. The van der Waals surface area contributed by atoms with Crippen molar-refractivity contribution in [3.8, 4) is 0 Å². The summed E-state index contributed by atoms with van der Waals surface area (Å²) < 4.78 is 9.67. The quantitative estimate of drug-likeness (QED) is 0.520. The van der Waals surface area contributed by atoms with Crippen molar-refractivity contribution in [3.63, 3.8) is 0 Å². The number of hydrogen-bond donors (Lipinski definition) is 0. The van der Waals surface area contributed by atoms with Gasteiger partial charge < -0.3 is 9.47 Å². The summed E-state index contributed by atoms with van der Waals surface area (Å²) >= 11 is 0. The molecule has 0 fully saturated rings. The fourth-order valence-corrected chi connectivity index (χ4v) is 0.733. The summed E-state index contributed by atoms with van der Waals surface area (Å²) in [6.07, 6.45) is 0.457. The molecule has 0 unspecified atom stereocenters. The summed E-state index contributed by atoms with van der Waals surface area (Å²) in [5.74, 6) is -1.04. The van der Waals surface area contributed by atoms with Crippen LogP contribution in [0, 0.1) is 5.41 Å². The molecule has 0 saturated carbocycles. The van der Waals surface area contributed by atoms with Crippen LogP contribution in [0.5, 0.6) is 0 Å². The second-order valence-electron chi connectivity index (χ2n) is 4.62. The van der Waals surface area contributed by atoms with E-state index in [9.17, 15) is 9.59 Å². The highest BCUT2D eigenvalue weighted by Gasteiger charge is 2.16. The first-order valence-corrected chi connectivity index (χ1v) is 5.16. The second kappa shape index (κ2) is 6.43. The maximum absolute atomic E-state index is 11.1. The molecule has 0 heterocycles. The van der Waals surface area contributed by atoms with E-state index < -0.39 is 11.9 Å². The first-order valence-electron chi connectivity index (χ1n) is 5.16. The van der Waals surface area contributed by atoms with Crippen LogP contribution in [-0.4, -0.2) is 25.2 Å². The first-order chi connectivity index (χ1) is 6.85. The van der Waals surface area contributed by atoms with E-state index in [1.54, 1.807) is 0 Å². The number of rotatable bonds is 5. The van der Waals surface area contributed by atoms with Crippen LogP contribution in [0.3, 0.4) is 0 Å². The molecule has 4 heteroatoms. The third-order valence-corrected chi connectivity index (χ3v) is 1.42. The van der Waals surface area contributed by atoms with Crippen molar-refractivity contribution in [1.82, 2.24) is 0 Å². The number of ether oxygens (including phenoxy) is 2. The van der Waals surface area contributed by atoms with Crippen molar-refractivity contribution in [2.24, 2.45) is 5.41 Å². The SMILES string of the molecule is CCCOC(=O)CC(=O)OCC(C)(C)C. The third-order valence-electron chi connectivity index (χ3n) is 1.42. The summed E-state index contributed by atoms with van der Waals surface area (Å²) in [5, 5.41) is 0. The number of carbonyl (C=O) groups is 2. The topological polar surface area (TPSA) is 52.6 Å². The van der Waals surface area contributed by atoms with Gasteiger partial charge in [0, 0.05) is 0 Å². The van der Waals surface area contributed by atoms with Crippen molar-refractivity contribution in [2.75, 3.05) is 13.2 Å². The Balaban J connectivity index is 3.70. The summed E-state index contributed by atoms with van der Waals surface area (Å²) in [4.78, 5) is 22.2. The maximum atomic E-state index is 11.1. The van der Waals surface area contributed by atoms with Crippen LogP contribution in [0.2, 0.25) is 0 Å². The molecule has 0 aliphatic carbocycles. The Bertz CT molecular complexity index is 215. The smallest absolute Gasteiger partial charge is 0.317 e. The van der Waals surface area contributed by atoms with Gasteiger partial charge in [-0.1, -0.05) is 27.7 Å². The molecular weight excluding hydrogens is 196 g/mol. The predicted octanol–water partition coefficient (Wildman–Crippen LogP) is 1.92. The zero-order valence-electron chi connectivity index (χ0n) is 9.96. The Labute approximate surface area is 90.9 Å². The summed E-state index contributed by atoms with van der Waals surface area (Å²) in [6, 6.07) is 0. The minimum Gasteiger partial charge on any atom is -0.465 e. The van der Waals surface area contributed by atoms with E-state index in [0.717, 1.165) is 6.42 Å². The zero-order valence-corrected chi connectivity index (χ0v) is 9.96. The number of carbonyl (C=O) groups excluding carboxylic acids is 2. The highest BCUT2D eigenvalue weighted by atomic mass is 16.6. The van der Waals surface area contributed by atoms with E-state index in [2.05, 4.69) is 0 Å². The third kappa shape index (κ3) is 9.25. The van der Waals surface area contributed by atoms with Crippen LogP contribution >= 0.6 is 0 Å². The summed E-state index contributed by atoms with van der Waals surface area (Å²) in [6.45, 7) is 8.42. The van der Waals surface area contributed by atoms with Gasteiger partial charge >= 0.3 is 11.9 Å². The number of esters is 2. The zero-order chi connectivity index (χ0) is 11.9. The van der Waals surface area contributed by atoms with Crippen LogP contribution in [0.15, 0.2) is 0 Å². The Kier molecular flexibility index (Phi) is 5.97. The van der Waals surface area contributed by atoms with Gasteiger partial charge in [-0.25, -0.2) is 0 Å². The minimum absolute atomic E-state index is 0.0804. The molecule has 0 radical (unpaired) electrons. The van der Waals surface area contributed by atoms with Gasteiger partial charge in [0.1, 0.15) is 6.42 Å². The minimum atomic E-state index is -0.522. The van der Waals surface area contributed by atoms with E-state index in [0.29, 0.717) is 13.2 Å². The van der Waals surface area contributed by atoms with E-state index in [1.165, 1.54) is 0 Å². The highest BCUT2D eigenvalue weighted by molar-refractivity contribution is 5.91. The molecule has 0 atom stereocenters. The van der Waals surface area contributed by atoms with Crippen molar-refractivity contribution in [3.05, 3.63) is 0 Å². The lowest BCUT2D eigenvalue weighted by atomic mass is 9.99. The van der Waals surface area contributed by atoms with E-state index >= 15 is 0 Å². The van der Waals surface area contributed by atoms with Crippen molar-refractivity contribution in [1.29, 1.82) is 0 Å². The van der Waals surface area contributed by atoms with Gasteiger partial charge in [-0.15, -0.1) is 0 Å². The fourth-order valence-electron chi connectivity index (χ4n) is 0.733. The lowest BCUT2D eigenvalue weighted by Gasteiger charge is -2.17. The van der Waals surface area contributed by atoms with Crippen LogP contribution in [-0.2, 0) is 19.1 Å². The molecule has 0 aromatic carbocycles. The molecule has 0 amide bonds. The van der Waals surface area contributed by atoms with Gasteiger partial charge in [0.25, 0.3) is 0 Å². The molecule has 4 nitrogen and oxygen atoms in total. The first kappa shape index (κ1) is 13.9. The lowest BCUT2D eigenvalue weighted by molar-refractivity contribution is -0.156. The molecule has 0 aliphatic rings. The predicted molar refractivity (Wildman–Crippen MR) is 56.3 cm³/mol. The summed E-state index contributed by atoms with van der Waals surface area (Å²) in [7, 11) is 0. The van der Waals surface area contributed by atoms with Crippen LogP contribution in [0.25, 0.3) is 0 Å². The molecule has 0 aromatic heterocycles. The highest BCUT2D eigenvalue weighted by Crippen LogP contribution is 2.13. The Morgan fingerprint density at radius 2 is 1.60 bits per heavy atom. The molecule has 0 aliphatic heterocycles. The van der Waals surface area contributed by atoms with Crippen LogP contribution < -0.4 is 0 Å². The van der Waals surface area contributed by atoms with Crippen molar-refractivity contribution < 1.29 is 19.1 Å². The largest absolute Gasteiger partial charge is 0.465 e. The molecule has 88 valence electrons. The lowest BCUT2D eigenvalue weighted by Crippen LogP contribution is -2.20. The van der Waals surface area contributed by atoms with Crippen LogP contribution in [0.4, 0.5) is 0 Å². The van der Waals surface area contributed by atoms with Gasteiger partial charge in [0.15, 0.2) is 0 Å². The van der Waals surface area contributed by atoms with Crippen molar-refractivity contribution >= 4 is 11.9 Å². The van der Waals surface area contributed by atoms with E-state index in [-0.39, 0.29) is 11.8 Å². The van der Waals surface area contributed by atoms with E-state index in [1.807, 2.05) is 27.7 Å². The molecule has 0 bridgehead atoms. The fraction of sp³-hybridized carbons (Fsp3) is 0.818. The average Bonchev–Trinajstić information content (AvgIpc) is 2.10. The van der Waals surface area contributed by atoms with Gasteiger partial charge in [-0.05, 0) is 11.8 Å².